The van der Waals surface area contributed by atoms with Gasteiger partial charge < -0.3 is 4.90 Å². The van der Waals surface area contributed by atoms with Gasteiger partial charge in [-0.05, 0) is 31.1 Å². The third kappa shape index (κ3) is 3.53. The second-order valence-electron chi connectivity index (χ2n) is 6.24. The number of alkyl halides is 3. The summed E-state index contributed by atoms with van der Waals surface area (Å²) in [6.45, 7) is 0.623. The van der Waals surface area contributed by atoms with Crippen LogP contribution in [0.1, 0.15) is 18.5 Å². The lowest BCUT2D eigenvalue weighted by Gasteiger charge is -2.33. The molecule has 26 heavy (non-hydrogen) atoms. The van der Waals surface area contributed by atoms with Gasteiger partial charge in [0.15, 0.2) is 5.82 Å². The average Bonchev–Trinajstić information content (AvgIpc) is 3.13. The Bertz CT molecular complexity index is 872. The lowest BCUT2D eigenvalue weighted by molar-refractivity contribution is -0.179. The molecule has 2 aromatic heterocycles. The van der Waals surface area contributed by atoms with Crippen LogP contribution in [-0.4, -0.2) is 46.3 Å². The molecule has 0 saturated carbocycles. The third-order valence-corrected chi connectivity index (χ3v) is 5.39. The molecule has 1 fully saturated rings. The fraction of sp³-hybridized carbons (Fsp3) is 0.412. The lowest BCUT2D eigenvalue weighted by Crippen LogP contribution is -2.39. The number of rotatable bonds is 2. The zero-order valence-corrected chi connectivity index (χ0v) is 14.6. The summed E-state index contributed by atoms with van der Waals surface area (Å²) >= 11 is 1.63. The van der Waals surface area contributed by atoms with Gasteiger partial charge in [-0.3, -0.25) is 4.99 Å². The molecule has 2 aromatic rings. The number of pyridine rings is 1. The summed E-state index contributed by atoms with van der Waals surface area (Å²) in [6.07, 6.45) is 1.20. The Morgan fingerprint density at radius 2 is 1.96 bits per heavy atom. The second kappa shape index (κ2) is 6.86. The minimum atomic E-state index is -4.13. The zero-order chi connectivity index (χ0) is 18.1. The zero-order valence-electron chi connectivity index (χ0n) is 13.8. The van der Waals surface area contributed by atoms with E-state index in [1.165, 1.54) is 6.33 Å². The molecular formula is C17H16F3N5S. The van der Waals surface area contributed by atoms with Crippen LogP contribution in [-0.2, 0) is 0 Å². The largest absolute Gasteiger partial charge is 0.391 e. The number of hydrogen-bond donors (Lipinski definition) is 0. The molecule has 0 N–H and O–H groups in total. The van der Waals surface area contributed by atoms with Gasteiger partial charge >= 0.3 is 6.18 Å². The quantitative estimate of drug-likeness (QED) is 0.792. The molecular weight excluding hydrogens is 363 g/mol. The van der Waals surface area contributed by atoms with Crippen LogP contribution in [0.25, 0.3) is 17.1 Å². The first kappa shape index (κ1) is 17.3. The maximum atomic E-state index is 12.9. The van der Waals surface area contributed by atoms with Crippen molar-refractivity contribution in [1.82, 2.24) is 15.0 Å². The molecule has 0 bridgehead atoms. The number of thioether (sulfide) groups is 1. The number of hydrogen-bond acceptors (Lipinski definition) is 6. The molecule has 0 aromatic carbocycles. The molecule has 4 heterocycles. The number of anilines is 1. The Morgan fingerprint density at radius 1 is 1.15 bits per heavy atom. The smallest absolute Gasteiger partial charge is 0.355 e. The predicted octanol–water partition coefficient (Wildman–Crippen LogP) is 3.92. The van der Waals surface area contributed by atoms with E-state index in [2.05, 4.69) is 19.9 Å². The van der Waals surface area contributed by atoms with Gasteiger partial charge in [0, 0.05) is 24.2 Å². The number of aliphatic imine (C=N–C) groups is 1. The van der Waals surface area contributed by atoms with E-state index in [1.807, 2.05) is 23.1 Å². The Balaban J connectivity index is 1.63. The van der Waals surface area contributed by atoms with Crippen molar-refractivity contribution in [3.63, 3.8) is 0 Å². The van der Waals surface area contributed by atoms with Gasteiger partial charge in [-0.15, -0.1) is 11.8 Å². The van der Waals surface area contributed by atoms with Crippen LogP contribution in [0.5, 0.6) is 0 Å². The fourth-order valence-corrected chi connectivity index (χ4v) is 3.83. The Morgan fingerprint density at radius 3 is 2.65 bits per heavy atom. The number of piperidine rings is 1. The van der Waals surface area contributed by atoms with Crippen LogP contribution in [0.4, 0.5) is 19.0 Å². The highest BCUT2D eigenvalue weighted by Gasteiger charge is 2.41. The summed E-state index contributed by atoms with van der Waals surface area (Å²) in [5.74, 6) is 0.0736. The van der Waals surface area contributed by atoms with Crippen molar-refractivity contribution in [2.75, 3.05) is 23.9 Å². The Kier molecular flexibility index (Phi) is 4.56. The van der Waals surface area contributed by atoms with E-state index in [-0.39, 0.29) is 12.8 Å². The monoisotopic (exact) mass is 379 g/mol. The molecule has 0 atom stereocenters. The van der Waals surface area contributed by atoms with Crippen LogP contribution < -0.4 is 4.90 Å². The molecule has 136 valence electrons. The van der Waals surface area contributed by atoms with Crippen molar-refractivity contribution in [3.8, 4) is 0 Å². The van der Waals surface area contributed by atoms with Crippen LogP contribution in [0.2, 0.25) is 0 Å². The topological polar surface area (TPSA) is 54.3 Å². The van der Waals surface area contributed by atoms with Crippen molar-refractivity contribution in [2.45, 2.75) is 19.0 Å². The predicted molar refractivity (Wildman–Crippen MR) is 97.3 cm³/mol. The third-order valence-electron chi connectivity index (χ3n) is 4.56. The standard InChI is InChI=1S/C17H16F3N5S/c18-17(19,20)11-3-5-25(6-4-11)16-15-14(22-9-23-16)2-1-12(24-15)7-13-8-21-10-26-13/h1-2,7-9,11H,3-6,10H2/b13-7-. The van der Waals surface area contributed by atoms with Crippen LogP contribution in [0, 0.1) is 5.92 Å². The van der Waals surface area contributed by atoms with E-state index in [1.54, 1.807) is 18.0 Å². The number of nitrogens with zero attached hydrogens (tertiary/aromatic N) is 5. The van der Waals surface area contributed by atoms with Crippen LogP contribution in [0.15, 0.2) is 28.4 Å². The second-order valence-corrected chi connectivity index (χ2v) is 7.25. The maximum absolute atomic E-state index is 12.9. The van der Waals surface area contributed by atoms with E-state index < -0.39 is 12.1 Å². The Hall–Kier alpha value is -2.16. The molecule has 0 amide bonds. The first-order valence-electron chi connectivity index (χ1n) is 8.28. The van der Waals surface area contributed by atoms with E-state index in [0.29, 0.717) is 35.8 Å². The summed E-state index contributed by atoms with van der Waals surface area (Å²) in [5, 5.41) is 0. The molecule has 2 aliphatic rings. The molecule has 0 unspecified atom stereocenters. The van der Waals surface area contributed by atoms with Crippen molar-refractivity contribution >= 4 is 40.9 Å². The molecule has 1 saturated heterocycles. The highest BCUT2D eigenvalue weighted by Crippen LogP contribution is 2.36. The highest BCUT2D eigenvalue weighted by molar-refractivity contribution is 8.04. The van der Waals surface area contributed by atoms with Crippen molar-refractivity contribution in [1.29, 1.82) is 0 Å². The number of fused-ring (bicyclic) bond motifs is 1. The molecule has 0 spiro atoms. The summed E-state index contributed by atoms with van der Waals surface area (Å²) in [6, 6.07) is 3.73. The molecule has 2 aliphatic heterocycles. The van der Waals surface area contributed by atoms with Gasteiger partial charge in [-0.2, -0.15) is 13.2 Å². The molecule has 4 rings (SSSR count). The van der Waals surface area contributed by atoms with Crippen molar-refractivity contribution < 1.29 is 13.2 Å². The summed E-state index contributed by atoms with van der Waals surface area (Å²) < 4.78 is 38.7. The maximum Gasteiger partial charge on any atom is 0.391 e. The molecule has 0 aliphatic carbocycles. The number of allylic oxidation sites excluding steroid dienone is 1. The SMILES string of the molecule is FC(F)(F)C1CCN(c2ncnc3ccc(/C=C4/C=NCS4)nc23)CC1. The Labute approximate surface area is 152 Å². The van der Waals surface area contributed by atoms with E-state index in [0.717, 1.165) is 10.6 Å². The molecule has 5 nitrogen and oxygen atoms in total. The number of aromatic nitrogens is 3. The summed E-state index contributed by atoms with van der Waals surface area (Å²) in [7, 11) is 0. The van der Waals surface area contributed by atoms with Crippen LogP contribution >= 0.6 is 11.8 Å². The average molecular weight is 379 g/mol. The fourth-order valence-electron chi connectivity index (χ4n) is 3.17. The van der Waals surface area contributed by atoms with Gasteiger partial charge in [-0.25, -0.2) is 15.0 Å². The first-order valence-corrected chi connectivity index (χ1v) is 9.27. The van der Waals surface area contributed by atoms with Crippen molar-refractivity contribution in [2.24, 2.45) is 10.9 Å². The number of halogens is 3. The van der Waals surface area contributed by atoms with Gasteiger partial charge in [0.1, 0.15) is 11.8 Å². The summed E-state index contributed by atoms with van der Waals surface area (Å²) in [4.78, 5) is 20.2. The van der Waals surface area contributed by atoms with Gasteiger partial charge in [0.2, 0.25) is 0 Å². The minimum Gasteiger partial charge on any atom is -0.355 e. The van der Waals surface area contributed by atoms with Gasteiger partial charge in [0.25, 0.3) is 0 Å². The van der Waals surface area contributed by atoms with E-state index in [4.69, 9.17) is 0 Å². The van der Waals surface area contributed by atoms with E-state index >= 15 is 0 Å². The van der Waals surface area contributed by atoms with Crippen molar-refractivity contribution in [3.05, 3.63) is 29.1 Å². The first-order chi connectivity index (χ1) is 12.5. The molecule has 9 heteroatoms. The highest BCUT2D eigenvalue weighted by atomic mass is 32.2. The lowest BCUT2D eigenvalue weighted by atomic mass is 9.96. The van der Waals surface area contributed by atoms with E-state index in [9.17, 15) is 13.2 Å². The minimum absolute atomic E-state index is 0.0752. The molecule has 0 radical (unpaired) electrons. The van der Waals surface area contributed by atoms with Crippen LogP contribution in [0.3, 0.4) is 0 Å². The summed E-state index contributed by atoms with van der Waals surface area (Å²) in [5.41, 5.74) is 2.06. The van der Waals surface area contributed by atoms with Gasteiger partial charge in [0.05, 0.1) is 23.0 Å². The normalized spacial score (nSPS) is 20.4. The van der Waals surface area contributed by atoms with Gasteiger partial charge in [-0.1, -0.05) is 0 Å².